The van der Waals surface area contributed by atoms with Gasteiger partial charge in [0.15, 0.2) is 0 Å². The molecule has 1 aliphatic rings. The van der Waals surface area contributed by atoms with Crippen LogP contribution in [0.3, 0.4) is 0 Å². The van der Waals surface area contributed by atoms with E-state index >= 15 is 0 Å². The van der Waals surface area contributed by atoms with E-state index in [0.29, 0.717) is 18.5 Å². The van der Waals surface area contributed by atoms with Crippen LogP contribution < -0.4 is 5.32 Å². The van der Waals surface area contributed by atoms with Gasteiger partial charge in [0.2, 0.25) is 0 Å². The molecule has 1 heterocycles. The molecule has 0 amide bonds. The number of thioether (sulfide) groups is 1. The van der Waals surface area contributed by atoms with E-state index in [9.17, 15) is 13.2 Å². The van der Waals surface area contributed by atoms with Gasteiger partial charge in [-0.05, 0) is 43.6 Å². The number of nitrogens with one attached hydrogen (secondary N) is 1. The maximum absolute atomic E-state index is 12.0. The summed E-state index contributed by atoms with van der Waals surface area (Å²) in [5, 5.41) is 3.40. The average Bonchev–Trinajstić information content (AvgIpc) is 2.25. The minimum Gasteiger partial charge on any atom is -0.314 e. The number of halogens is 3. The van der Waals surface area contributed by atoms with Gasteiger partial charge in [0.25, 0.3) is 0 Å². The molecule has 0 aromatic carbocycles. The fourth-order valence-corrected chi connectivity index (χ4v) is 2.79. The second-order valence-corrected chi connectivity index (χ2v) is 6.33. The lowest BCUT2D eigenvalue weighted by molar-refractivity contribution is -0.0329. The molecule has 0 saturated carbocycles. The maximum Gasteiger partial charge on any atom is 0.441 e. The molecule has 0 radical (unpaired) electrons. The predicted octanol–water partition coefficient (Wildman–Crippen LogP) is 2.95. The van der Waals surface area contributed by atoms with Crippen molar-refractivity contribution in [3.8, 4) is 0 Å². The Hall–Kier alpha value is 0.0600. The highest BCUT2D eigenvalue weighted by Gasteiger charge is 2.28. The first-order valence-electron chi connectivity index (χ1n) is 6.53. The molecule has 18 heavy (non-hydrogen) atoms. The molecule has 2 nitrogen and oxygen atoms in total. The van der Waals surface area contributed by atoms with E-state index in [4.69, 9.17) is 0 Å². The van der Waals surface area contributed by atoms with E-state index in [1.807, 2.05) is 0 Å². The quantitative estimate of drug-likeness (QED) is 0.807. The first kappa shape index (κ1) is 16.1. The van der Waals surface area contributed by atoms with Gasteiger partial charge in [0, 0.05) is 24.9 Å². The van der Waals surface area contributed by atoms with Crippen LogP contribution in [0, 0.1) is 5.92 Å². The Morgan fingerprint density at radius 3 is 2.72 bits per heavy atom. The third kappa shape index (κ3) is 7.48. The van der Waals surface area contributed by atoms with E-state index in [1.54, 1.807) is 0 Å². The normalized spacial score (nSPS) is 22.7. The largest absolute Gasteiger partial charge is 0.441 e. The summed E-state index contributed by atoms with van der Waals surface area (Å²) in [4.78, 5) is 2.16. The van der Waals surface area contributed by atoms with Gasteiger partial charge in [0.05, 0.1) is 0 Å². The van der Waals surface area contributed by atoms with Crippen LogP contribution >= 0.6 is 11.8 Å². The van der Waals surface area contributed by atoms with Gasteiger partial charge in [-0.2, -0.15) is 13.2 Å². The van der Waals surface area contributed by atoms with E-state index in [-0.39, 0.29) is 17.5 Å². The van der Waals surface area contributed by atoms with Crippen LogP contribution in [0.15, 0.2) is 0 Å². The van der Waals surface area contributed by atoms with Crippen molar-refractivity contribution in [2.75, 3.05) is 31.9 Å². The molecule has 0 aromatic rings. The Bertz CT molecular complexity index is 234. The lowest BCUT2D eigenvalue weighted by Gasteiger charge is -2.33. The van der Waals surface area contributed by atoms with Gasteiger partial charge in [-0.25, -0.2) is 0 Å². The number of likely N-dealkylation sites (tertiary alicyclic amines) is 1. The molecule has 1 saturated heterocycles. The van der Waals surface area contributed by atoms with Crippen molar-refractivity contribution in [1.82, 2.24) is 10.2 Å². The van der Waals surface area contributed by atoms with Gasteiger partial charge in [-0.1, -0.05) is 13.8 Å². The van der Waals surface area contributed by atoms with Crippen molar-refractivity contribution in [1.29, 1.82) is 0 Å². The summed E-state index contributed by atoms with van der Waals surface area (Å²) >= 11 is 0.0894. The Morgan fingerprint density at radius 2 is 2.11 bits per heavy atom. The molecule has 1 unspecified atom stereocenters. The van der Waals surface area contributed by atoms with Crippen LogP contribution in [0.5, 0.6) is 0 Å². The topological polar surface area (TPSA) is 15.3 Å². The number of rotatable bonds is 6. The molecule has 0 spiro atoms. The second-order valence-electron chi connectivity index (χ2n) is 5.17. The van der Waals surface area contributed by atoms with Crippen LogP contribution in [0.1, 0.15) is 26.7 Å². The van der Waals surface area contributed by atoms with Crippen molar-refractivity contribution in [3.63, 3.8) is 0 Å². The number of hydrogen-bond donors (Lipinski definition) is 1. The summed E-state index contributed by atoms with van der Waals surface area (Å²) in [6, 6.07) is 0.473. The molecule has 1 rings (SSSR count). The summed E-state index contributed by atoms with van der Waals surface area (Å²) < 4.78 is 36.1. The molecule has 1 atom stereocenters. The van der Waals surface area contributed by atoms with Gasteiger partial charge in [-0.15, -0.1) is 0 Å². The number of piperidine rings is 1. The summed E-state index contributed by atoms with van der Waals surface area (Å²) in [5.41, 5.74) is -4.09. The van der Waals surface area contributed by atoms with Crippen LogP contribution in [0.4, 0.5) is 13.2 Å². The van der Waals surface area contributed by atoms with E-state index < -0.39 is 5.51 Å². The summed E-state index contributed by atoms with van der Waals surface area (Å²) in [6.45, 7) is 7.61. The molecule has 0 aromatic heterocycles. The second kappa shape index (κ2) is 7.60. The minimum atomic E-state index is -4.09. The fraction of sp³-hybridized carbons (Fsp3) is 1.00. The maximum atomic E-state index is 12.0. The molecular weight excluding hydrogens is 261 g/mol. The summed E-state index contributed by atoms with van der Waals surface area (Å²) in [7, 11) is 0. The molecular formula is C12H23F3N2S. The van der Waals surface area contributed by atoms with E-state index in [1.165, 1.54) is 6.42 Å². The Morgan fingerprint density at radius 1 is 1.39 bits per heavy atom. The first-order valence-corrected chi connectivity index (χ1v) is 7.52. The standard InChI is InChI=1S/C12H23F3N2S/c1-10(2)16-8-11-4-3-5-17(9-11)6-7-18-12(13,14)15/h10-11,16H,3-9H2,1-2H3. The highest BCUT2D eigenvalue weighted by Crippen LogP contribution is 2.30. The average molecular weight is 284 g/mol. The molecule has 108 valence electrons. The Labute approximate surface area is 112 Å². The molecule has 0 aliphatic carbocycles. The Balaban J connectivity index is 2.18. The highest BCUT2D eigenvalue weighted by atomic mass is 32.2. The zero-order chi connectivity index (χ0) is 13.6. The third-order valence-corrected chi connectivity index (χ3v) is 3.81. The van der Waals surface area contributed by atoms with Gasteiger partial charge >= 0.3 is 5.51 Å². The fourth-order valence-electron chi connectivity index (χ4n) is 2.21. The lowest BCUT2D eigenvalue weighted by atomic mass is 9.98. The van der Waals surface area contributed by atoms with Crippen molar-refractivity contribution < 1.29 is 13.2 Å². The van der Waals surface area contributed by atoms with Gasteiger partial charge in [-0.3, -0.25) is 0 Å². The van der Waals surface area contributed by atoms with Gasteiger partial charge < -0.3 is 10.2 Å². The first-order chi connectivity index (χ1) is 8.37. The summed E-state index contributed by atoms with van der Waals surface area (Å²) in [5.74, 6) is 0.727. The highest BCUT2D eigenvalue weighted by molar-refractivity contribution is 8.00. The van der Waals surface area contributed by atoms with E-state index in [0.717, 1.165) is 26.1 Å². The van der Waals surface area contributed by atoms with Crippen molar-refractivity contribution in [3.05, 3.63) is 0 Å². The molecule has 0 bridgehead atoms. The monoisotopic (exact) mass is 284 g/mol. The van der Waals surface area contributed by atoms with Crippen molar-refractivity contribution >= 4 is 11.8 Å². The molecule has 1 aliphatic heterocycles. The van der Waals surface area contributed by atoms with Crippen LogP contribution in [0.25, 0.3) is 0 Å². The van der Waals surface area contributed by atoms with Crippen molar-refractivity contribution in [2.45, 2.75) is 38.2 Å². The Kier molecular flexibility index (Phi) is 6.81. The molecule has 1 N–H and O–H groups in total. The lowest BCUT2D eigenvalue weighted by Crippen LogP contribution is -2.41. The van der Waals surface area contributed by atoms with Crippen LogP contribution in [-0.2, 0) is 0 Å². The predicted molar refractivity (Wildman–Crippen MR) is 70.8 cm³/mol. The van der Waals surface area contributed by atoms with Crippen molar-refractivity contribution in [2.24, 2.45) is 5.92 Å². The smallest absolute Gasteiger partial charge is 0.314 e. The number of nitrogens with zero attached hydrogens (tertiary/aromatic N) is 1. The third-order valence-electron chi connectivity index (χ3n) is 3.09. The van der Waals surface area contributed by atoms with Crippen LogP contribution in [-0.4, -0.2) is 48.4 Å². The SMILES string of the molecule is CC(C)NCC1CCCN(CCSC(F)(F)F)C1. The number of hydrogen-bond acceptors (Lipinski definition) is 3. The summed E-state index contributed by atoms with van der Waals surface area (Å²) in [6.07, 6.45) is 2.28. The van der Waals surface area contributed by atoms with Gasteiger partial charge in [0.1, 0.15) is 0 Å². The van der Waals surface area contributed by atoms with E-state index in [2.05, 4.69) is 24.1 Å². The minimum absolute atomic E-state index is 0.0894. The van der Waals surface area contributed by atoms with Crippen LogP contribution in [0.2, 0.25) is 0 Å². The zero-order valence-electron chi connectivity index (χ0n) is 11.1. The molecule has 6 heteroatoms. The molecule has 1 fully saturated rings. The zero-order valence-corrected chi connectivity index (χ0v) is 11.9. The number of alkyl halides is 3.